The van der Waals surface area contributed by atoms with Crippen molar-refractivity contribution in [1.29, 1.82) is 0 Å². The minimum Gasteiger partial charge on any atom is -0.370 e. The predicted molar refractivity (Wildman–Crippen MR) is 120 cm³/mol. The molecule has 1 fully saturated rings. The third kappa shape index (κ3) is 4.68. The summed E-state index contributed by atoms with van der Waals surface area (Å²) in [4.78, 5) is 15.5. The standard InChI is InChI=1S/C25H25F2N3O/c26-20-10-11-21(27)24(17-20)30(25(28)31)23-9-5-4-8-22(23)29-14-12-19(13-15-29)16-18-6-2-1-3-7-18/h1-11,17,19H,12-16H2,(H2,28,31). The zero-order valence-electron chi connectivity index (χ0n) is 17.2. The molecule has 4 rings (SSSR count). The number of anilines is 3. The first kappa shape index (κ1) is 20.8. The van der Waals surface area contributed by atoms with E-state index in [0.29, 0.717) is 11.6 Å². The van der Waals surface area contributed by atoms with Crippen LogP contribution in [0.25, 0.3) is 0 Å². The first-order chi connectivity index (χ1) is 15.0. The van der Waals surface area contributed by atoms with E-state index in [-0.39, 0.29) is 5.69 Å². The van der Waals surface area contributed by atoms with E-state index in [1.165, 1.54) is 5.56 Å². The first-order valence-electron chi connectivity index (χ1n) is 10.5. The van der Waals surface area contributed by atoms with Gasteiger partial charge in [0.05, 0.1) is 17.1 Å². The number of carbonyl (C=O) groups excluding carboxylic acids is 1. The summed E-state index contributed by atoms with van der Waals surface area (Å²) in [6.07, 6.45) is 3.06. The second-order valence-electron chi connectivity index (χ2n) is 7.88. The van der Waals surface area contributed by atoms with Crippen molar-refractivity contribution >= 4 is 23.1 Å². The zero-order chi connectivity index (χ0) is 21.8. The van der Waals surface area contributed by atoms with Gasteiger partial charge in [0.2, 0.25) is 0 Å². The fraction of sp³-hybridized carbons (Fsp3) is 0.240. The summed E-state index contributed by atoms with van der Waals surface area (Å²) in [6, 6.07) is 19.8. The van der Waals surface area contributed by atoms with Crippen LogP contribution in [0.4, 0.5) is 30.6 Å². The Kier molecular flexibility index (Phi) is 6.16. The highest BCUT2D eigenvalue weighted by Gasteiger charge is 2.26. The van der Waals surface area contributed by atoms with Gasteiger partial charge in [0.15, 0.2) is 0 Å². The van der Waals surface area contributed by atoms with Crippen LogP contribution < -0.4 is 15.5 Å². The average molecular weight is 421 g/mol. The van der Waals surface area contributed by atoms with Gasteiger partial charge in [-0.3, -0.25) is 4.90 Å². The minimum atomic E-state index is -0.865. The summed E-state index contributed by atoms with van der Waals surface area (Å²) in [5.74, 6) is -0.767. The number of para-hydroxylation sites is 2. The summed E-state index contributed by atoms with van der Waals surface area (Å²) in [6.45, 7) is 1.62. The minimum absolute atomic E-state index is 0.195. The van der Waals surface area contributed by atoms with Gasteiger partial charge >= 0.3 is 6.03 Å². The Hall–Kier alpha value is -3.41. The molecule has 0 unspecified atom stereocenters. The molecule has 0 aromatic heterocycles. The molecule has 3 aromatic rings. The number of hydrogen-bond donors (Lipinski definition) is 1. The van der Waals surface area contributed by atoms with Gasteiger partial charge in [-0.1, -0.05) is 42.5 Å². The average Bonchev–Trinajstić information content (AvgIpc) is 2.78. The lowest BCUT2D eigenvalue weighted by Gasteiger charge is -2.36. The van der Waals surface area contributed by atoms with E-state index in [1.807, 2.05) is 18.2 Å². The van der Waals surface area contributed by atoms with Gasteiger partial charge in [0, 0.05) is 19.2 Å². The van der Waals surface area contributed by atoms with Gasteiger partial charge in [-0.15, -0.1) is 0 Å². The molecule has 3 aromatic carbocycles. The lowest BCUT2D eigenvalue weighted by atomic mass is 9.90. The lowest BCUT2D eigenvalue weighted by Crippen LogP contribution is -2.37. The molecule has 0 bridgehead atoms. The molecule has 0 saturated carbocycles. The summed E-state index contributed by atoms with van der Waals surface area (Å²) in [7, 11) is 0. The number of halogens is 2. The smallest absolute Gasteiger partial charge is 0.324 e. The molecule has 1 aliphatic rings. The molecule has 0 aliphatic carbocycles. The Morgan fingerprint density at radius 2 is 1.61 bits per heavy atom. The fourth-order valence-corrected chi connectivity index (χ4v) is 4.27. The molecule has 160 valence electrons. The van der Waals surface area contributed by atoms with Crippen molar-refractivity contribution in [3.05, 3.63) is 90.0 Å². The largest absolute Gasteiger partial charge is 0.370 e. The second-order valence-corrected chi connectivity index (χ2v) is 7.88. The van der Waals surface area contributed by atoms with Crippen LogP contribution in [0.2, 0.25) is 0 Å². The number of piperidine rings is 1. The predicted octanol–water partition coefficient (Wildman–Crippen LogP) is 5.64. The topological polar surface area (TPSA) is 49.6 Å². The Morgan fingerprint density at radius 3 is 2.32 bits per heavy atom. The van der Waals surface area contributed by atoms with Crippen molar-refractivity contribution in [2.24, 2.45) is 11.7 Å². The number of carbonyl (C=O) groups is 1. The third-order valence-electron chi connectivity index (χ3n) is 5.81. The normalized spacial score (nSPS) is 14.5. The van der Waals surface area contributed by atoms with Crippen molar-refractivity contribution in [3.63, 3.8) is 0 Å². The second kappa shape index (κ2) is 9.16. The lowest BCUT2D eigenvalue weighted by molar-refractivity contribution is 0.256. The van der Waals surface area contributed by atoms with E-state index in [4.69, 9.17) is 5.73 Å². The van der Waals surface area contributed by atoms with Crippen LogP contribution in [0.3, 0.4) is 0 Å². The van der Waals surface area contributed by atoms with Gasteiger partial charge in [-0.25, -0.2) is 13.6 Å². The number of amides is 2. The maximum absolute atomic E-state index is 14.5. The molecular weight excluding hydrogens is 396 g/mol. The highest BCUT2D eigenvalue weighted by Crippen LogP contribution is 2.37. The third-order valence-corrected chi connectivity index (χ3v) is 5.81. The Balaban J connectivity index is 1.57. The summed E-state index contributed by atoms with van der Waals surface area (Å²) in [5.41, 5.74) is 7.97. The van der Waals surface area contributed by atoms with Crippen LogP contribution in [0.1, 0.15) is 18.4 Å². The molecule has 2 amide bonds. The van der Waals surface area contributed by atoms with Gasteiger partial charge in [0.25, 0.3) is 0 Å². The van der Waals surface area contributed by atoms with Gasteiger partial charge < -0.3 is 10.6 Å². The van der Waals surface area contributed by atoms with Crippen molar-refractivity contribution in [2.75, 3.05) is 22.9 Å². The van der Waals surface area contributed by atoms with Crippen LogP contribution in [0, 0.1) is 17.6 Å². The van der Waals surface area contributed by atoms with Crippen LogP contribution in [0.15, 0.2) is 72.8 Å². The van der Waals surface area contributed by atoms with Crippen LogP contribution in [0.5, 0.6) is 0 Å². The number of benzene rings is 3. The first-order valence-corrected chi connectivity index (χ1v) is 10.5. The molecule has 4 nitrogen and oxygen atoms in total. The zero-order valence-corrected chi connectivity index (χ0v) is 17.2. The van der Waals surface area contributed by atoms with Crippen LogP contribution >= 0.6 is 0 Å². The number of nitrogens with two attached hydrogens (primary N) is 1. The molecule has 0 atom stereocenters. The number of nitrogens with zero attached hydrogens (tertiary/aromatic N) is 2. The van der Waals surface area contributed by atoms with Gasteiger partial charge in [-0.2, -0.15) is 0 Å². The van der Waals surface area contributed by atoms with Crippen molar-refractivity contribution in [3.8, 4) is 0 Å². The van der Waals surface area contributed by atoms with Crippen molar-refractivity contribution < 1.29 is 13.6 Å². The van der Waals surface area contributed by atoms with Crippen molar-refractivity contribution in [2.45, 2.75) is 19.3 Å². The summed E-state index contributed by atoms with van der Waals surface area (Å²) >= 11 is 0. The molecule has 1 aliphatic heterocycles. The molecule has 6 heteroatoms. The molecule has 1 saturated heterocycles. The number of primary amides is 1. The van der Waals surface area contributed by atoms with Gasteiger partial charge in [-0.05, 0) is 55.0 Å². The number of hydrogen-bond acceptors (Lipinski definition) is 2. The molecular formula is C25H25F2N3O. The van der Waals surface area contributed by atoms with E-state index in [0.717, 1.165) is 61.1 Å². The van der Waals surface area contributed by atoms with E-state index >= 15 is 0 Å². The fourth-order valence-electron chi connectivity index (χ4n) is 4.27. The Labute approximate surface area is 180 Å². The highest BCUT2D eigenvalue weighted by atomic mass is 19.1. The molecule has 0 spiro atoms. The van der Waals surface area contributed by atoms with E-state index in [2.05, 4.69) is 29.2 Å². The molecule has 0 radical (unpaired) electrons. The molecule has 2 N–H and O–H groups in total. The Morgan fingerprint density at radius 1 is 0.935 bits per heavy atom. The van der Waals surface area contributed by atoms with E-state index in [9.17, 15) is 13.6 Å². The SMILES string of the molecule is NC(=O)N(c1cc(F)ccc1F)c1ccccc1N1CCC(Cc2ccccc2)CC1. The molecule has 31 heavy (non-hydrogen) atoms. The summed E-state index contributed by atoms with van der Waals surface area (Å²) < 4.78 is 28.3. The monoisotopic (exact) mass is 421 g/mol. The van der Waals surface area contributed by atoms with Crippen LogP contribution in [-0.2, 0) is 6.42 Å². The Bertz CT molecular complexity index is 1050. The maximum atomic E-state index is 14.5. The highest BCUT2D eigenvalue weighted by molar-refractivity contribution is 6.01. The number of rotatable bonds is 5. The van der Waals surface area contributed by atoms with Crippen LogP contribution in [-0.4, -0.2) is 19.1 Å². The van der Waals surface area contributed by atoms with Gasteiger partial charge in [0.1, 0.15) is 11.6 Å². The summed E-state index contributed by atoms with van der Waals surface area (Å²) in [5, 5.41) is 0. The van der Waals surface area contributed by atoms with Crippen molar-refractivity contribution in [1.82, 2.24) is 0 Å². The van der Waals surface area contributed by atoms with E-state index < -0.39 is 17.7 Å². The quantitative estimate of drug-likeness (QED) is 0.580. The maximum Gasteiger partial charge on any atom is 0.324 e. The van der Waals surface area contributed by atoms with E-state index in [1.54, 1.807) is 12.1 Å². The number of urea groups is 1. The molecule has 1 heterocycles.